The first-order valence-corrected chi connectivity index (χ1v) is 12.5. The van der Waals surface area contributed by atoms with Gasteiger partial charge in [-0.25, -0.2) is 5.43 Å². The van der Waals surface area contributed by atoms with E-state index in [2.05, 4.69) is 37.1 Å². The Morgan fingerprint density at radius 2 is 2.00 bits per heavy atom. The van der Waals surface area contributed by atoms with Crippen LogP contribution in [0, 0.1) is 3.57 Å². The molecule has 1 heterocycles. The molecule has 1 aliphatic rings. The molecular formula is C23H24BrIN4O6. The minimum Gasteiger partial charge on any atom is -0.493 e. The van der Waals surface area contributed by atoms with E-state index in [1.165, 1.54) is 13.3 Å². The number of nitrogens with zero attached hydrogens (tertiary/aromatic N) is 1. The normalized spacial score (nSPS) is 15.0. The van der Waals surface area contributed by atoms with Crippen molar-refractivity contribution < 1.29 is 28.6 Å². The maximum atomic E-state index is 12.2. The van der Waals surface area contributed by atoms with Crippen LogP contribution in [0.4, 0.5) is 5.69 Å². The monoisotopic (exact) mass is 658 g/mol. The van der Waals surface area contributed by atoms with E-state index in [0.717, 1.165) is 17.3 Å². The predicted octanol–water partition coefficient (Wildman–Crippen LogP) is 2.83. The third-order valence-corrected chi connectivity index (χ3v) is 6.16. The number of nitrogens with one attached hydrogen (secondary N) is 3. The molecule has 1 atom stereocenters. The van der Waals surface area contributed by atoms with E-state index in [4.69, 9.17) is 14.2 Å². The van der Waals surface area contributed by atoms with Crippen molar-refractivity contribution in [1.82, 2.24) is 10.7 Å². The Balaban J connectivity index is 1.52. The van der Waals surface area contributed by atoms with Crippen molar-refractivity contribution in [1.29, 1.82) is 0 Å². The topological polar surface area (TPSA) is 127 Å². The van der Waals surface area contributed by atoms with Crippen LogP contribution in [0.1, 0.15) is 18.4 Å². The number of anilines is 1. The minimum atomic E-state index is -0.877. The van der Waals surface area contributed by atoms with Crippen LogP contribution in [0.25, 0.3) is 0 Å². The van der Waals surface area contributed by atoms with Crippen molar-refractivity contribution in [2.24, 2.45) is 5.10 Å². The molecule has 3 N–H and O–H groups in total. The highest BCUT2D eigenvalue weighted by Gasteiger charge is 2.19. The molecule has 2 aromatic rings. The van der Waals surface area contributed by atoms with E-state index in [1.54, 1.807) is 24.3 Å². The first kappa shape index (κ1) is 26.9. The molecule has 0 aliphatic carbocycles. The molecule has 10 nitrogen and oxygen atoms in total. The number of carbonyl (C=O) groups excluding carboxylic acids is 3. The van der Waals surface area contributed by atoms with E-state index >= 15 is 0 Å². The molecule has 3 rings (SSSR count). The first-order chi connectivity index (χ1) is 16.9. The number of benzene rings is 2. The van der Waals surface area contributed by atoms with Crippen molar-refractivity contribution in [2.75, 3.05) is 32.2 Å². The van der Waals surface area contributed by atoms with Gasteiger partial charge in [0.25, 0.3) is 5.91 Å². The van der Waals surface area contributed by atoms with Gasteiger partial charge >= 0.3 is 11.8 Å². The Hall–Kier alpha value is -2.71. The Bertz CT molecular complexity index is 1090. The van der Waals surface area contributed by atoms with Gasteiger partial charge in [0, 0.05) is 23.3 Å². The second kappa shape index (κ2) is 13.4. The van der Waals surface area contributed by atoms with Gasteiger partial charge < -0.3 is 24.8 Å². The van der Waals surface area contributed by atoms with Crippen molar-refractivity contribution in [2.45, 2.75) is 18.9 Å². The number of rotatable bonds is 9. The fourth-order valence-corrected chi connectivity index (χ4v) is 4.18. The third kappa shape index (κ3) is 8.47. The lowest BCUT2D eigenvalue weighted by Gasteiger charge is -2.13. The molecule has 35 heavy (non-hydrogen) atoms. The zero-order chi connectivity index (χ0) is 25.2. The number of hydrazone groups is 1. The van der Waals surface area contributed by atoms with Gasteiger partial charge in [-0.1, -0.05) is 15.9 Å². The summed E-state index contributed by atoms with van der Waals surface area (Å²) in [5.41, 5.74) is 3.44. The Labute approximate surface area is 224 Å². The van der Waals surface area contributed by atoms with Crippen molar-refractivity contribution >= 4 is 68.1 Å². The molecule has 0 unspecified atom stereocenters. The summed E-state index contributed by atoms with van der Waals surface area (Å²) in [4.78, 5) is 36.0. The lowest BCUT2D eigenvalue weighted by atomic mass is 10.2. The average Bonchev–Trinajstić information content (AvgIpc) is 3.36. The van der Waals surface area contributed by atoms with Crippen LogP contribution in [0.3, 0.4) is 0 Å². The zero-order valence-electron chi connectivity index (χ0n) is 18.8. The lowest BCUT2D eigenvalue weighted by molar-refractivity contribution is -0.139. The fourth-order valence-electron chi connectivity index (χ4n) is 3.13. The maximum absolute atomic E-state index is 12.2. The molecule has 0 bridgehead atoms. The number of hydrogen-bond donors (Lipinski definition) is 3. The van der Waals surface area contributed by atoms with Gasteiger partial charge in [-0.05, 0) is 77.4 Å². The summed E-state index contributed by atoms with van der Waals surface area (Å²) < 4.78 is 18.0. The lowest BCUT2D eigenvalue weighted by Crippen LogP contribution is -2.41. The third-order valence-electron chi connectivity index (χ3n) is 4.83. The quantitative estimate of drug-likeness (QED) is 0.165. The van der Waals surface area contributed by atoms with Crippen LogP contribution in [-0.2, 0) is 19.1 Å². The van der Waals surface area contributed by atoms with Gasteiger partial charge in [0.15, 0.2) is 18.1 Å². The molecule has 0 spiro atoms. The molecule has 1 fully saturated rings. The largest absolute Gasteiger partial charge is 0.493 e. The van der Waals surface area contributed by atoms with E-state index in [-0.39, 0.29) is 25.2 Å². The SMILES string of the molecule is COc1cc(/C=N\NC(=O)C(=O)NC[C@H]2CCCO2)cc(I)c1OCC(=O)Nc1ccc(Br)cc1. The van der Waals surface area contributed by atoms with Gasteiger partial charge in [-0.3, -0.25) is 14.4 Å². The molecular weight excluding hydrogens is 635 g/mol. The van der Waals surface area contributed by atoms with Gasteiger partial charge in [0.1, 0.15) is 0 Å². The van der Waals surface area contributed by atoms with Gasteiger partial charge in [0.05, 0.1) is 23.0 Å². The molecule has 186 valence electrons. The second-order valence-electron chi connectivity index (χ2n) is 7.42. The van der Waals surface area contributed by atoms with Gasteiger partial charge in [0.2, 0.25) is 0 Å². The minimum absolute atomic E-state index is 0.0580. The maximum Gasteiger partial charge on any atom is 0.329 e. The number of amides is 3. The molecule has 2 aromatic carbocycles. The molecule has 1 saturated heterocycles. The number of methoxy groups -OCH3 is 1. The predicted molar refractivity (Wildman–Crippen MR) is 142 cm³/mol. The summed E-state index contributed by atoms with van der Waals surface area (Å²) in [6, 6.07) is 10.6. The van der Waals surface area contributed by atoms with Crippen LogP contribution in [0.2, 0.25) is 0 Å². The van der Waals surface area contributed by atoms with Crippen molar-refractivity contribution in [3.8, 4) is 11.5 Å². The smallest absolute Gasteiger partial charge is 0.329 e. The molecule has 1 aliphatic heterocycles. The number of carbonyl (C=O) groups is 3. The number of hydrogen-bond acceptors (Lipinski definition) is 7. The van der Waals surface area contributed by atoms with Crippen molar-refractivity contribution in [3.63, 3.8) is 0 Å². The highest BCUT2D eigenvalue weighted by Crippen LogP contribution is 2.33. The molecule has 12 heteroatoms. The van der Waals surface area contributed by atoms with Gasteiger partial charge in [-0.15, -0.1) is 0 Å². The molecule has 3 amide bonds. The highest BCUT2D eigenvalue weighted by atomic mass is 127. The molecule has 0 radical (unpaired) electrons. The standard InChI is InChI=1S/C23H24BrIN4O6/c1-33-19-10-14(11-27-29-23(32)22(31)26-12-17-3-2-8-34-17)9-18(25)21(19)35-13-20(30)28-16-6-4-15(24)5-7-16/h4-7,9-11,17H,2-3,8,12-13H2,1H3,(H,26,31)(H,28,30)(H,29,32)/b27-11-/t17-/m1/s1. The van der Waals surface area contributed by atoms with E-state index in [0.29, 0.717) is 32.9 Å². The van der Waals surface area contributed by atoms with E-state index in [1.807, 2.05) is 34.7 Å². The highest BCUT2D eigenvalue weighted by molar-refractivity contribution is 14.1. The van der Waals surface area contributed by atoms with Crippen LogP contribution >= 0.6 is 38.5 Å². The molecule has 0 aromatic heterocycles. The van der Waals surface area contributed by atoms with E-state index in [9.17, 15) is 14.4 Å². The van der Waals surface area contributed by atoms with Crippen LogP contribution in [0.15, 0.2) is 46.0 Å². The summed E-state index contributed by atoms with van der Waals surface area (Å²) in [6.45, 7) is 0.739. The van der Waals surface area contributed by atoms with E-state index < -0.39 is 11.8 Å². The summed E-state index contributed by atoms with van der Waals surface area (Å²) in [5, 5.41) is 9.11. The Morgan fingerprint density at radius 3 is 2.69 bits per heavy atom. The number of halogens is 2. The zero-order valence-corrected chi connectivity index (χ0v) is 22.6. The summed E-state index contributed by atoms with van der Waals surface area (Å²) in [6.07, 6.45) is 3.12. The molecule has 0 saturated carbocycles. The Morgan fingerprint density at radius 1 is 1.23 bits per heavy atom. The van der Waals surface area contributed by atoms with Crippen LogP contribution in [-0.4, -0.2) is 56.9 Å². The van der Waals surface area contributed by atoms with Crippen LogP contribution in [0.5, 0.6) is 11.5 Å². The van der Waals surface area contributed by atoms with Crippen LogP contribution < -0.4 is 25.5 Å². The summed E-state index contributed by atoms with van der Waals surface area (Å²) in [5.74, 6) is -1.20. The van der Waals surface area contributed by atoms with Gasteiger partial charge in [-0.2, -0.15) is 5.10 Å². The van der Waals surface area contributed by atoms with Crippen molar-refractivity contribution in [3.05, 3.63) is 50.0 Å². The summed E-state index contributed by atoms with van der Waals surface area (Å²) in [7, 11) is 1.47. The fraction of sp³-hybridized carbons (Fsp3) is 0.304. The summed E-state index contributed by atoms with van der Waals surface area (Å²) >= 11 is 5.39. The second-order valence-corrected chi connectivity index (χ2v) is 9.50. The number of ether oxygens (including phenoxy) is 3. The average molecular weight is 659 g/mol. The first-order valence-electron chi connectivity index (χ1n) is 10.6. The Kier molecular flexibility index (Phi) is 10.3.